The van der Waals surface area contributed by atoms with E-state index >= 15 is 0 Å². The molecule has 0 saturated heterocycles. The minimum atomic E-state index is -0.731. The highest BCUT2D eigenvalue weighted by atomic mass is 35.5. The zero-order valence-electron chi connectivity index (χ0n) is 14.2. The number of carbonyl (C=O) groups excluding carboxylic acids is 2. The number of nitrogens with zero attached hydrogens (tertiary/aromatic N) is 1. The fraction of sp³-hybridized carbons (Fsp3) is 0.111. The zero-order valence-corrected chi connectivity index (χ0v) is 14.9. The Labute approximate surface area is 159 Å². The highest BCUT2D eigenvalue weighted by molar-refractivity contribution is 6.31. The summed E-state index contributed by atoms with van der Waals surface area (Å²) in [6, 6.07) is 11.2. The highest BCUT2D eigenvalue weighted by Gasteiger charge is 2.32. The fourth-order valence-corrected chi connectivity index (χ4v) is 3.05. The van der Waals surface area contributed by atoms with E-state index < -0.39 is 22.9 Å². The molecular formula is C18H15ClN4O4. The van der Waals surface area contributed by atoms with Crippen molar-refractivity contribution in [3.63, 3.8) is 0 Å². The van der Waals surface area contributed by atoms with E-state index in [0.717, 1.165) is 0 Å². The van der Waals surface area contributed by atoms with Crippen LogP contribution in [0, 0.1) is 10.1 Å². The number of nitro benzene ring substituents is 1. The Hall–Kier alpha value is -3.39. The van der Waals surface area contributed by atoms with E-state index in [-0.39, 0.29) is 5.69 Å². The van der Waals surface area contributed by atoms with E-state index in [9.17, 15) is 19.7 Å². The average molecular weight is 387 g/mol. The molecule has 8 nitrogen and oxygen atoms in total. The molecule has 1 aliphatic heterocycles. The molecule has 0 aliphatic carbocycles. The van der Waals surface area contributed by atoms with E-state index in [1.165, 1.54) is 24.3 Å². The monoisotopic (exact) mass is 386 g/mol. The number of halogens is 1. The maximum Gasteiger partial charge on any atom is 0.319 e. The van der Waals surface area contributed by atoms with Crippen LogP contribution in [0.15, 0.2) is 59.8 Å². The molecule has 3 N–H and O–H groups in total. The SMILES string of the molecule is CC1=C(C(=O)Nc2ccc([N+](=O)[O-])cc2)C(c2ccccc2Cl)NC(=O)N1. The molecule has 0 aromatic heterocycles. The summed E-state index contributed by atoms with van der Waals surface area (Å²) in [5.74, 6) is -0.459. The molecule has 3 rings (SSSR count). The van der Waals surface area contributed by atoms with Crippen LogP contribution in [0.5, 0.6) is 0 Å². The largest absolute Gasteiger partial charge is 0.327 e. The minimum Gasteiger partial charge on any atom is -0.327 e. The number of allylic oxidation sites excluding steroid dienone is 1. The van der Waals surface area contributed by atoms with Crippen molar-refractivity contribution >= 4 is 34.9 Å². The van der Waals surface area contributed by atoms with Gasteiger partial charge in [0.1, 0.15) is 0 Å². The van der Waals surface area contributed by atoms with E-state index in [0.29, 0.717) is 27.5 Å². The maximum atomic E-state index is 12.9. The van der Waals surface area contributed by atoms with Crippen molar-refractivity contribution in [2.24, 2.45) is 0 Å². The van der Waals surface area contributed by atoms with E-state index in [2.05, 4.69) is 16.0 Å². The second kappa shape index (κ2) is 7.46. The van der Waals surface area contributed by atoms with Crippen molar-refractivity contribution in [3.8, 4) is 0 Å². The number of urea groups is 1. The van der Waals surface area contributed by atoms with Gasteiger partial charge in [0.05, 0.1) is 16.5 Å². The van der Waals surface area contributed by atoms with Crippen molar-refractivity contribution in [1.82, 2.24) is 10.6 Å². The quantitative estimate of drug-likeness (QED) is 0.551. The molecule has 2 aromatic carbocycles. The number of anilines is 1. The lowest BCUT2D eigenvalue weighted by Gasteiger charge is -2.29. The van der Waals surface area contributed by atoms with Gasteiger partial charge in [0.25, 0.3) is 11.6 Å². The molecule has 27 heavy (non-hydrogen) atoms. The Bertz CT molecular complexity index is 956. The van der Waals surface area contributed by atoms with Gasteiger partial charge >= 0.3 is 6.03 Å². The van der Waals surface area contributed by atoms with Crippen LogP contribution in [-0.2, 0) is 4.79 Å². The summed E-state index contributed by atoms with van der Waals surface area (Å²) in [4.78, 5) is 35.0. The second-order valence-electron chi connectivity index (χ2n) is 5.85. The number of amides is 3. The van der Waals surface area contributed by atoms with Crippen LogP contribution >= 0.6 is 11.6 Å². The van der Waals surface area contributed by atoms with Crippen LogP contribution in [0.2, 0.25) is 5.02 Å². The van der Waals surface area contributed by atoms with Crippen molar-refractivity contribution < 1.29 is 14.5 Å². The standard InChI is InChI=1S/C18H15ClN4O4/c1-10-15(17(24)21-11-6-8-12(9-7-11)23(26)27)16(22-18(25)20-10)13-4-2-3-5-14(13)19/h2-9,16H,1H3,(H,21,24)(H2,20,22,25). The van der Waals surface area contributed by atoms with Gasteiger partial charge in [-0.15, -0.1) is 0 Å². The summed E-state index contributed by atoms with van der Waals surface area (Å²) in [5, 5.41) is 19.1. The van der Waals surface area contributed by atoms with Crippen LogP contribution in [0.4, 0.5) is 16.2 Å². The maximum absolute atomic E-state index is 12.9. The number of hydrogen-bond donors (Lipinski definition) is 3. The van der Waals surface area contributed by atoms with Crippen LogP contribution in [0.3, 0.4) is 0 Å². The van der Waals surface area contributed by atoms with E-state index in [1.807, 2.05) is 0 Å². The number of benzene rings is 2. The van der Waals surface area contributed by atoms with E-state index in [4.69, 9.17) is 11.6 Å². The molecule has 0 saturated carbocycles. The molecule has 138 valence electrons. The summed E-state index contributed by atoms with van der Waals surface area (Å²) in [5.41, 5.74) is 1.58. The number of nitrogens with one attached hydrogen (secondary N) is 3. The van der Waals surface area contributed by atoms with Gasteiger partial charge in [-0.2, -0.15) is 0 Å². The molecule has 3 amide bonds. The number of non-ortho nitro benzene ring substituents is 1. The number of hydrogen-bond acceptors (Lipinski definition) is 4. The predicted octanol–water partition coefficient (Wildman–Crippen LogP) is 3.51. The Morgan fingerprint density at radius 3 is 2.48 bits per heavy atom. The van der Waals surface area contributed by atoms with Gasteiger partial charge in [-0.05, 0) is 30.7 Å². The Morgan fingerprint density at radius 1 is 1.19 bits per heavy atom. The molecule has 1 aliphatic rings. The molecule has 2 aromatic rings. The lowest BCUT2D eigenvalue weighted by atomic mass is 9.94. The molecule has 0 radical (unpaired) electrons. The van der Waals surface area contributed by atoms with E-state index in [1.54, 1.807) is 31.2 Å². The number of rotatable bonds is 4. The lowest BCUT2D eigenvalue weighted by Crippen LogP contribution is -2.46. The first kappa shape index (κ1) is 18.4. The van der Waals surface area contributed by atoms with Gasteiger partial charge in [-0.25, -0.2) is 4.79 Å². The summed E-state index contributed by atoms with van der Waals surface area (Å²) >= 11 is 6.24. The molecule has 0 fully saturated rings. The smallest absolute Gasteiger partial charge is 0.319 e. The first-order valence-corrected chi connectivity index (χ1v) is 8.33. The first-order valence-electron chi connectivity index (χ1n) is 7.95. The molecule has 1 atom stereocenters. The van der Waals surface area contributed by atoms with Gasteiger partial charge in [0.2, 0.25) is 0 Å². The third kappa shape index (κ3) is 3.90. The topological polar surface area (TPSA) is 113 Å². The number of nitro groups is 1. The Kier molecular flexibility index (Phi) is 5.09. The first-order chi connectivity index (χ1) is 12.9. The molecule has 0 bridgehead atoms. The molecule has 1 heterocycles. The van der Waals surface area contributed by atoms with Crippen LogP contribution < -0.4 is 16.0 Å². The van der Waals surface area contributed by atoms with Crippen LogP contribution in [0.25, 0.3) is 0 Å². The van der Waals surface area contributed by atoms with Crippen molar-refractivity contribution in [1.29, 1.82) is 0 Å². The normalized spacial score (nSPS) is 16.4. The Morgan fingerprint density at radius 2 is 1.85 bits per heavy atom. The molecule has 9 heteroatoms. The third-order valence-corrected chi connectivity index (χ3v) is 4.41. The average Bonchev–Trinajstić information content (AvgIpc) is 2.61. The molecular weight excluding hydrogens is 372 g/mol. The Balaban J connectivity index is 1.92. The fourth-order valence-electron chi connectivity index (χ4n) is 2.80. The summed E-state index contributed by atoms with van der Waals surface area (Å²) in [6.45, 7) is 1.62. The third-order valence-electron chi connectivity index (χ3n) is 4.07. The van der Waals surface area contributed by atoms with Gasteiger partial charge in [0.15, 0.2) is 0 Å². The molecule has 1 unspecified atom stereocenters. The van der Waals surface area contributed by atoms with Crippen LogP contribution in [0.1, 0.15) is 18.5 Å². The van der Waals surface area contributed by atoms with Crippen molar-refractivity contribution in [3.05, 3.63) is 80.5 Å². The van der Waals surface area contributed by atoms with Gasteiger partial charge in [0, 0.05) is 28.5 Å². The second-order valence-corrected chi connectivity index (χ2v) is 6.26. The summed E-state index contributed by atoms with van der Waals surface area (Å²) < 4.78 is 0. The summed E-state index contributed by atoms with van der Waals surface area (Å²) in [7, 11) is 0. The van der Waals surface area contributed by atoms with Crippen molar-refractivity contribution in [2.45, 2.75) is 13.0 Å². The van der Waals surface area contributed by atoms with Crippen molar-refractivity contribution in [2.75, 3.05) is 5.32 Å². The highest BCUT2D eigenvalue weighted by Crippen LogP contribution is 2.32. The van der Waals surface area contributed by atoms with Gasteiger partial charge < -0.3 is 16.0 Å². The summed E-state index contributed by atoms with van der Waals surface area (Å²) in [6.07, 6.45) is 0. The number of carbonyl (C=O) groups is 2. The lowest BCUT2D eigenvalue weighted by molar-refractivity contribution is -0.384. The van der Waals surface area contributed by atoms with Gasteiger partial charge in [-0.1, -0.05) is 29.8 Å². The van der Waals surface area contributed by atoms with Gasteiger partial charge in [-0.3, -0.25) is 14.9 Å². The molecule has 0 spiro atoms. The predicted molar refractivity (Wildman–Crippen MR) is 100 cm³/mol. The van der Waals surface area contributed by atoms with Crippen LogP contribution in [-0.4, -0.2) is 16.9 Å². The zero-order chi connectivity index (χ0) is 19.6. The minimum absolute atomic E-state index is 0.0797.